The molecule has 7 heteroatoms. The molecule has 1 saturated heterocycles. The molecule has 1 aliphatic heterocycles. The number of hydrogen-bond donors (Lipinski definition) is 1. The third kappa shape index (κ3) is 4.30. The van der Waals surface area contributed by atoms with Crippen molar-refractivity contribution >= 4 is 49.9 Å². The zero-order valence-corrected chi connectivity index (χ0v) is 21.9. The Morgan fingerprint density at radius 1 is 1.08 bits per heavy atom. The molecule has 0 saturated carbocycles. The van der Waals surface area contributed by atoms with Crippen LogP contribution in [-0.4, -0.2) is 47.1 Å². The fourth-order valence-electron chi connectivity index (χ4n) is 5.58. The maximum absolute atomic E-state index is 13.2. The summed E-state index contributed by atoms with van der Waals surface area (Å²) in [7, 11) is 0. The number of aryl methyl sites for hydroxylation is 2. The van der Waals surface area contributed by atoms with Crippen LogP contribution in [0.15, 0.2) is 42.5 Å². The van der Waals surface area contributed by atoms with Crippen LogP contribution in [0.25, 0.3) is 21.0 Å². The number of rotatable bonds is 4. The number of piperazine rings is 1. The van der Waals surface area contributed by atoms with Crippen molar-refractivity contribution in [3.8, 4) is 0 Å². The highest BCUT2D eigenvalue weighted by Crippen LogP contribution is 2.41. The number of thiophene rings is 1. The largest absolute Gasteiger partial charge is 0.352 e. The van der Waals surface area contributed by atoms with Crippen molar-refractivity contribution in [1.29, 1.82) is 0 Å². The molecule has 6 nitrogen and oxygen atoms in total. The SMILES string of the molecule is CCCc1nc(N2CCN(C(=O)Nc3cccc4ccccc34)CC2)c2c3c(sc2n1)C[C@H](C)CC3. The molecule has 6 rings (SSSR count). The predicted octanol–water partition coefficient (Wildman–Crippen LogP) is 6.28. The van der Waals surface area contributed by atoms with Gasteiger partial charge in [0.05, 0.1) is 11.1 Å². The number of carbonyl (C=O) groups is 1. The van der Waals surface area contributed by atoms with Gasteiger partial charge in [-0.15, -0.1) is 11.3 Å². The van der Waals surface area contributed by atoms with Gasteiger partial charge in [-0.2, -0.15) is 0 Å². The Morgan fingerprint density at radius 2 is 1.89 bits per heavy atom. The number of nitrogens with one attached hydrogen (secondary N) is 1. The van der Waals surface area contributed by atoms with Crippen LogP contribution >= 0.6 is 11.3 Å². The molecule has 4 aromatic rings. The quantitative estimate of drug-likeness (QED) is 0.359. The highest BCUT2D eigenvalue weighted by molar-refractivity contribution is 7.19. The number of hydrogen-bond acceptors (Lipinski definition) is 5. The molecule has 0 bridgehead atoms. The smallest absolute Gasteiger partial charge is 0.321 e. The zero-order valence-electron chi connectivity index (χ0n) is 21.1. The molecule has 1 N–H and O–H groups in total. The third-order valence-electron chi connectivity index (χ3n) is 7.55. The molecular weight excluding hydrogens is 466 g/mol. The van der Waals surface area contributed by atoms with E-state index >= 15 is 0 Å². The van der Waals surface area contributed by atoms with E-state index in [9.17, 15) is 4.79 Å². The van der Waals surface area contributed by atoms with Gasteiger partial charge in [-0.3, -0.25) is 0 Å². The van der Waals surface area contributed by atoms with E-state index in [0.29, 0.717) is 13.1 Å². The molecule has 3 heterocycles. The van der Waals surface area contributed by atoms with E-state index in [1.165, 1.54) is 22.2 Å². The van der Waals surface area contributed by atoms with Gasteiger partial charge in [0, 0.05) is 42.9 Å². The van der Waals surface area contributed by atoms with Crippen molar-refractivity contribution in [2.45, 2.75) is 46.0 Å². The summed E-state index contributed by atoms with van der Waals surface area (Å²) in [4.78, 5) is 30.2. The average Bonchev–Trinajstić information content (AvgIpc) is 3.26. The Kier molecular flexibility index (Phi) is 6.25. The highest BCUT2D eigenvalue weighted by Gasteiger charge is 2.28. The molecule has 2 aromatic carbocycles. The van der Waals surface area contributed by atoms with Crippen LogP contribution in [0.5, 0.6) is 0 Å². The van der Waals surface area contributed by atoms with Gasteiger partial charge in [-0.25, -0.2) is 14.8 Å². The average molecular weight is 500 g/mol. The van der Waals surface area contributed by atoms with Crippen LogP contribution < -0.4 is 10.2 Å². The molecule has 1 fully saturated rings. The highest BCUT2D eigenvalue weighted by atomic mass is 32.1. The number of aromatic nitrogens is 2. The Bertz CT molecular complexity index is 1420. The summed E-state index contributed by atoms with van der Waals surface area (Å²) >= 11 is 1.88. The van der Waals surface area contributed by atoms with Gasteiger partial charge in [0.2, 0.25) is 0 Å². The lowest BCUT2D eigenvalue weighted by molar-refractivity contribution is 0.208. The van der Waals surface area contributed by atoms with Gasteiger partial charge < -0.3 is 15.1 Å². The van der Waals surface area contributed by atoms with E-state index in [1.807, 2.05) is 40.5 Å². The summed E-state index contributed by atoms with van der Waals surface area (Å²) in [6, 6.07) is 14.2. The minimum Gasteiger partial charge on any atom is -0.352 e. The molecular formula is C29H33N5OS. The summed E-state index contributed by atoms with van der Waals surface area (Å²) in [5.74, 6) is 2.77. The molecule has 2 aromatic heterocycles. The summed E-state index contributed by atoms with van der Waals surface area (Å²) in [6.45, 7) is 7.44. The Morgan fingerprint density at radius 3 is 2.72 bits per heavy atom. The minimum atomic E-state index is -0.0348. The molecule has 186 valence electrons. The van der Waals surface area contributed by atoms with E-state index in [1.54, 1.807) is 0 Å². The molecule has 1 atom stereocenters. The fraction of sp³-hybridized carbons (Fsp3) is 0.414. The first kappa shape index (κ1) is 23.2. The van der Waals surface area contributed by atoms with Crippen LogP contribution in [0.3, 0.4) is 0 Å². The van der Waals surface area contributed by atoms with Gasteiger partial charge in [-0.05, 0) is 48.6 Å². The van der Waals surface area contributed by atoms with Gasteiger partial charge in [-0.1, -0.05) is 50.2 Å². The van der Waals surface area contributed by atoms with Crippen molar-refractivity contribution in [3.63, 3.8) is 0 Å². The van der Waals surface area contributed by atoms with Crippen LogP contribution in [0.2, 0.25) is 0 Å². The van der Waals surface area contributed by atoms with Crippen molar-refractivity contribution < 1.29 is 4.79 Å². The second-order valence-electron chi connectivity index (χ2n) is 10.2. The van der Waals surface area contributed by atoms with Crippen molar-refractivity contribution in [2.75, 3.05) is 36.4 Å². The molecule has 0 unspecified atom stereocenters. The first-order valence-electron chi connectivity index (χ1n) is 13.2. The van der Waals surface area contributed by atoms with E-state index in [0.717, 1.165) is 77.6 Å². The number of urea groups is 1. The van der Waals surface area contributed by atoms with Crippen LogP contribution in [-0.2, 0) is 19.3 Å². The van der Waals surface area contributed by atoms with Crippen LogP contribution in [0.4, 0.5) is 16.3 Å². The van der Waals surface area contributed by atoms with Gasteiger partial charge in [0.1, 0.15) is 16.5 Å². The predicted molar refractivity (Wildman–Crippen MR) is 149 cm³/mol. The monoisotopic (exact) mass is 499 g/mol. The first-order chi connectivity index (χ1) is 17.6. The maximum atomic E-state index is 13.2. The van der Waals surface area contributed by atoms with Crippen molar-refractivity contribution in [1.82, 2.24) is 14.9 Å². The van der Waals surface area contributed by atoms with Crippen molar-refractivity contribution in [3.05, 3.63) is 58.7 Å². The Hall–Kier alpha value is -3.19. The van der Waals surface area contributed by atoms with E-state index in [-0.39, 0.29) is 6.03 Å². The fourth-order valence-corrected chi connectivity index (χ4v) is 6.98. The third-order valence-corrected chi connectivity index (χ3v) is 8.70. The normalized spacial score (nSPS) is 18.0. The van der Waals surface area contributed by atoms with Crippen molar-refractivity contribution in [2.24, 2.45) is 5.92 Å². The second kappa shape index (κ2) is 9.69. The molecule has 36 heavy (non-hydrogen) atoms. The first-order valence-corrected chi connectivity index (χ1v) is 14.0. The number of fused-ring (bicyclic) bond motifs is 4. The Labute approximate surface area is 216 Å². The summed E-state index contributed by atoms with van der Waals surface area (Å²) in [5, 5.41) is 6.62. The molecule has 0 spiro atoms. The number of anilines is 2. The zero-order chi connectivity index (χ0) is 24.6. The lowest BCUT2D eigenvalue weighted by atomic mass is 9.89. The van der Waals surface area contributed by atoms with E-state index in [4.69, 9.17) is 9.97 Å². The second-order valence-corrected chi connectivity index (χ2v) is 11.3. The molecule has 0 radical (unpaired) electrons. The van der Waals surface area contributed by atoms with Crippen LogP contribution in [0.1, 0.15) is 43.0 Å². The minimum absolute atomic E-state index is 0.0348. The molecule has 1 aliphatic carbocycles. The lowest BCUT2D eigenvalue weighted by Crippen LogP contribution is -2.50. The van der Waals surface area contributed by atoms with Gasteiger partial charge in [0.15, 0.2) is 0 Å². The summed E-state index contributed by atoms with van der Waals surface area (Å²) in [5.41, 5.74) is 2.34. The maximum Gasteiger partial charge on any atom is 0.321 e. The summed E-state index contributed by atoms with van der Waals surface area (Å²) in [6.07, 6.45) is 5.44. The van der Waals surface area contributed by atoms with Gasteiger partial charge >= 0.3 is 6.03 Å². The molecule has 2 aliphatic rings. The van der Waals surface area contributed by atoms with E-state index in [2.05, 4.69) is 42.3 Å². The van der Waals surface area contributed by atoms with Gasteiger partial charge in [0.25, 0.3) is 0 Å². The topological polar surface area (TPSA) is 61.4 Å². The number of amides is 2. The number of benzene rings is 2. The number of carbonyl (C=O) groups excluding carboxylic acids is 1. The lowest BCUT2D eigenvalue weighted by Gasteiger charge is -2.36. The molecule has 2 amide bonds. The standard InChI is InChI=1S/C29H33N5OS/c1-3-7-25-31-27(26-22-13-12-19(2)18-24(22)36-28(26)32-25)33-14-16-34(17-15-33)29(35)30-23-11-6-9-20-8-4-5-10-21(20)23/h4-6,8-11,19H,3,7,12-18H2,1-2H3,(H,30,35)/t19-/m1/s1. The summed E-state index contributed by atoms with van der Waals surface area (Å²) < 4.78 is 0. The Balaban J connectivity index is 1.23. The van der Waals surface area contributed by atoms with E-state index < -0.39 is 0 Å². The number of nitrogens with zero attached hydrogens (tertiary/aromatic N) is 4. The van der Waals surface area contributed by atoms with Crippen LogP contribution in [0, 0.1) is 5.92 Å².